The van der Waals surface area contributed by atoms with Gasteiger partial charge in [-0.2, -0.15) is 0 Å². The van der Waals surface area contributed by atoms with Gasteiger partial charge in [-0.05, 0) is 38.8 Å². The molecule has 3 nitrogen and oxygen atoms in total. The van der Waals surface area contributed by atoms with Crippen molar-refractivity contribution in [3.63, 3.8) is 0 Å². The number of rotatable bonds is 4. The topological polar surface area (TPSA) is 55.1 Å². The lowest BCUT2D eigenvalue weighted by Gasteiger charge is -2.28. The molecule has 1 aromatic rings. The van der Waals surface area contributed by atoms with Crippen LogP contribution in [0, 0.1) is 13.8 Å². The van der Waals surface area contributed by atoms with Gasteiger partial charge in [-0.25, -0.2) is 0 Å². The van der Waals surface area contributed by atoms with Crippen molar-refractivity contribution in [2.24, 2.45) is 5.73 Å². The molecular formula is C14H22N2O. The van der Waals surface area contributed by atoms with Crippen molar-refractivity contribution in [3.05, 3.63) is 34.9 Å². The second-order valence-corrected chi connectivity index (χ2v) is 4.89. The summed E-state index contributed by atoms with van der Waals surface area (Å²) in [5.41, 5.74) is 8.25. The van der Waals surface area contributed by atoms with Gasteiger partial charge in [0.1, 0.15) is 0 Å². The third-order valence-corrected chi connectivity index (χ3v) is 3.27. The molecule has 0 heterocycles. The van der Waals surface area contributed by atoms with E-state index >= 15 is 0 Å². The smallest absolute Gasteiger partial charge is 0.252 e. The fourth-order valence-electron chi connectivity index (χ4n) is 1.69. The van der Waals surface area contributed by atoms with E-state index in [9.17, 15) is 4.79 Å². The first kappa shape index (κ1) is 13.7. The van der Waals surface area contributed by atoms with Crippen LogP contribution in [0.5, 0.6) is 0 Å². The third kappa shape index (κ3) is 3.30. The Kier molecular flexibility index (Phi) is 4.29. The molecule has 0 aliphatic rings. The van der Waals surface area contributed by atoms with Crippen LogP contribution < -0.4 is 11.1 Å². The van der Waals surface area contributed by atoms with Crippen molar-refractivity contribution < 1.29 is 4.79 Å². The van der Waals surface area contributed by atoms with Gasteiger partial charge >= 0.3 is 0 Å². The highest BCUT2D eigenvalue weighted by Gasteiger charge is 2.23. The van der Waals surface area contributed by atoms with E-state index in [0.29, 0.717) is 6.54 Å². The van der Waals surface area contributed by atoms with Gasteiger partial charge < -0.3 is 11.1 Å². The van der Waals surface area contributed by atoms with Crippen molar-refractivity contribution in [2.75, 3.05) is 6.54 Å². The SMILES string of the molecule is CCC(C)(CN)NC(=O)c1ccc(C)cc1C. The standard InChI is InChI=1S/C14H22N2O/c1-5-14(4,9-15)16-13(17)12-7-6-10(2)8-11(12)3/h6-8H,5,9,15H2,1-4H3,(H,16,17). The number of hydrogen-bond acceptors (Lipinski definition) is 2. The van der Waals surface area contributed by atoms with Crippen LogP contribution in [0.15, 0.2) is 18.2 Å². The fourth-order valence-corrected chi connectivity index (χ4v) is 1.69. The van der Waals surface area contributed by atoms with Gasteiger partial charge in [0.15, 0.2) is 0 Å². The summed E-state index contributed by atoms with van der Waals surface area (Å²) in [6.45, 7) is 8.40. The van der Waals surface area contributed by atoms with Gasteiger partial charge in [0, 0.05) is 17.6 Å². The van der Waals surface area contributed by atoms with E-state index in [-0.39, 0.29) is 11.4 Å². The van der Waals surface area contributed by atoms with E-state index in [0.717, 1.165) is 23.1 Å². The summed E-state index contributed by atoms with van der Waals surface area (Å²) >= 11 is 0. The molecule has 0 fully saturated rings. The lowest BCUT2D eigenvalue weighted by Crippen LogP contribution is -2.51. The Labute approximate surface area is 103 Å². The number of nitrogens with one attached hydrogen (secondary N) is 1. The van der Waals surface area contributed by atoms with Crippen LogP contribution in [0.2, 0.25) is 0 Å². The largest absolute Gasteiger partial charge is 0.346 e. The van der Waals surface area contributed by atoms with E-state index in [1.54, 1.807) is 0 Å². The Morgan fingerprint density at radius 3 is 2.53 bits per heavy atom. The zero-order chi connectivity index (χ0) is 13.1. The maximum Gasteiger partial charge on any atom is 0.252 e. The van der Waals surface area contributed by atoms with Crippen molar-refractivity contribution in [2.45, 2.75) is 39.7 Å². The number of nitrogens with two attached hydrogens (primary N) is 1. The van der Waals surface area contributed by atoms with Crippen molar-refractivity contribution in [1.82, 2.24) is 5.32 Å². The predicted molar refractivity (Wildman–Crippen MR) is 71.1 cm³/mol. The Bertz CT molecular complexity index is 409. The molecule has 0 saturated heterocycles. The first-order valence-electron chi connectivity index (χ1n) is 6.01. The normalized spacial score (nSPS) is 14.2. The molecule has 0 spiro atoms. The molecule has 0 saturated carbocycles. The van der Waals surface area contributed by atoms with Gasteiger partial charge in [-0.1, -0.05) is 24.6 Å². The van der Waals surface area contributed by atoms with Crippen LogP contribution in [0.25, 0.3) is 0 Å². The Morgan fingerprint density at radius 1 is 1.41 bits per heavy atom. The van der Waals surface area contributed by atoms with Gasteiger partial charge in [-0.15, -0.1) is 0 Å². The van der Waals surface area contributed by atoms with E-state index in [2.05, 4.69) is 5.32 Å². The molecule has 0 bridgehead atoms. The monoisotopic (exact) mass is 234 g/mol. The quantitative estimate of drug-likeness (QED) is 0.838. The molecule has 1 atom stereocenters. The molecule has 94 valence electrons. The average Bonchev–Trinajstić information content (AvgIpc) is 2.28. The predicted octanol–water partition coefficient (Wildman–Crippen LogP) is 2.16. The van der Waals surface area contributed by atoms with Crippen molar-refractivity contribution in [3.8, 4) is 0 Å². The highest BCUT2D eigenvalue weighted by atomic mass is 16.1. The summed E-state index contributed by atoms with van der Waals surface area (Å²) < 4.78 is 0. The number of hydrogen-bond donors (Lipinski definition) is 2. The first-order valence-corrected chi connectivity index (χ1v) is 6.01. The molecule has 17 heavy (non-hydrogen) atoms. The number of carbonyl (C=O) groups is 1. The zero-order valence-corrected chi connectivity index (χ0v) is 11.1. The van der Waals surface area contributed by atoms with Crippen LogP contribution in [-0.2, 0) is 0 Å². The minimum absolute atomic E-state index is 0.0442. The third-order valence-electron chi connectivity index (χ3n) is 3.27. The highest BCUT2D eigenvalue weighted by Crippen LogP contribution is 2.13. The molecule has 3 N–H and O–H groups in total. The second kappa shape index (κ2) is 5.32. The molecule has 3 heteroatoms. The van der Waals surface area contributed by atoms with Gasteiger partial charge in [0.25, 0.3) is 5.91 Å². The van der Waals surface area contributed by atoms with Crippen molar-refractivity contribution >= 4 is 5.91 Å². The molecule has 1 unspecified atom stereocenters. The molecule has 0 aromatic heterocycles. The zero-order valence-electron chi connectivity index (χ0n) is 11.1. The number of carbonyl (C=O) groups excluding carboxylic acids is 1. The van der Waals surface area contributed by atoms with E-state index in [4.69, 9.17) is 5.73 Å². The molecule has 1 amide bonds. The van der Waals surface area contributed by atoms with Crippen molar-refractivity contribution in [1.29, 1.82) is 0 Å². The summed E-state index contributed by atoms with van der Waals surface area (Å²) in [6, 6.07) is 5.83. The number of aryl methyl sites for hydroxylation is 2. The molecule has 1 aromatic carbocycles. The van der Waals surface area contributed by atoms with Gasteiger partial charge in [0.05, 0.1) is 0 Å². The van der Waals surface area contributed by atoms with Crippen LogP contribution in [0.4, 0.5) is 0 Å². The summed E-state index contributed by atoms with van der Waals surface area (Å²) in [6.07, 6.45) is 0.820. The lowest BCUT2D eigenvalue weighted by molar-refractivity contribution is 0.0906. The summed E-state index contributed by atoms with van der Waals surface area (Å²) in [5.74, 6) is -0.0442. The summed E-state index contributed by atoms with van der Waals surface area (Å²) in [5, 5.41) is 3.01. The summed E-state index contributed by atoms with van der Waals surface area (Å²) in [4.78, 5) is 12.1. The van der Waals surface area contributed by atoms with E-state index in [1.165, 1.54) is 0 Å². The maximum atomic E-state index is 12.1. The van der Waals surface area contributed by atoms with Crippen LogP contribution >= 0.6 is 0 Å². The molecule has 0 radical (unpaired) electrons. The van der Waals surface area contributed by atoms with Crippen LogP contribution in [0.3, 0.4) is 0 Å². The van der Waals surface area contributed by atoms with Crippen LogP contribution in [-0.4, -0.2) is 18.0 Å². The Morgan fingerprint density at radius 2 is 2.06 bits per heavy atom. The average molecular weight is 234 g/mol. The first-order chi connectivity index (χ1) is 7.91. The van der Waals surface area contributed by atoms with Crippen LogP contribution in [0.1, 0.15) is 41.8 Å². The molecular weight excluding hydrogens is 212 g/mol. The van der Waals surface area contributed by atoms with E-state index < -0.39 is 0 Å². The minimum atomic E-state index is -0.325. The fraction of sp³-hybridized carbons (Fsp3) is 0.500. The summed E-state index contributed by atoms with van der Waals surface area (Å²) in [7, 11) is 0. The van der Waals surface area contributed by atoms with E-state index in [1.807, 2.05) is 45.9 Å². The Balaban J connectivity index is 2.90. The molecule has 1 rings (SSSR count). The van der Waals surface area contributed by atoms with Gasteiger partial charge in [-0.3, -0.25) is 4.79 Å². The second-order valence-electron chi connectivity index (χ2n) is 4.89. The van der Waals surface area contributed by atoms with Gasteiger partial charge in [0.2, 0.25) is 0 Å². The number of benzene rings is 1. The highest BCUT2D eigenvalue weighted by molar-refractivity contribution is 5.96. The maximum absolute atomic E-state index is 12.1. The number of amides is 1. The minimum Gasteiger partial charge on any atom is -0.346 e. The molecule has 0 aliphatic heterocycles. The lowest BCUT2D eigenvalue weighted by atomic mass is 9.97. The molecule has 0 aliphatic carbocycles. The Hall–Kier alpha value is -1.35.